The lowest BCUT2D eigenvalue weighted by atomic mass is 10.1. The van der Waals surface area contributed by atoms with Crippen molar-refractivity contribution in [3.05, 3.63) is 53.6 Å². The van der Waals surface area contributed by atoms with Gasteiger partial charge in [-0.25, -0.2) is 0 Å². The van der Waals surface area contributed by atoms with E-state index in [-0.39, 0.29) is 12.0 Å². The van der Waals surface area contributed by atoms with Crippen molar-refractivity contribution in [2.45, 2.75) is 39.4 Å². The number of amides is 1. The molecule has 0 saturated heterocycles. The molecule has 0 unspecified atom stereocenters. The van der Waals surface area contributed by atoms with Crippen LogP contribution in [0.4, 0.5) is 0 Å². The highest BCUT2D eigenvalue weighted by Crippen LogP contribution is 2.30. The maximum atomic E-state index is 12.5. The Morgan fingerprint density at radius 2 is 2.00 bits per heavy atom. The Labute approximate surface area is 154 Å². The van der Waals surface area contributed by atoms with Gasteiger partial charge in [-0.3, -0.25) is 4.79 Å². The fraction of sp³-hybridized carbons (Fsp3) is 0.381. The van der Waals surface area contributed by atoms with Crippen LogP contribution in [-0.2, 0) is 4.79 Å². The van der Waals surface area contributed by atoms with Crippen LogP contribution < -0.4 is 19.5 Å². The minimum Gasteiger partial charge on any atom is -0.486 e. The number of hydrogen-bond acceptors (Lipinski definition) is 4. The number of benzene rings is 2. The molecule has 2 aromatic rings. The summed E-state index contributed by atoms with van der Waals surface area (Å²) in [5.41, 5.74) is 2.19. The zero-order valence-corrected chi connectivity index (χ0v) is 15.5. The highest BCUT2D eigenvalue weighted by atomic mass is 16.6. The van der Waals surface area contributed by atoms with Crippen molar-refractivity contribution in [1.82, 2.24) is 5.32 Å². The summed E-state index contributed by atoms with van der Waals surface area (Å²) >= 11 is 0. The number of aryl methyl sites for hydroxylation is 2. The van der Waals surface area contributed by atoms with E-state index in [0.29, 0.717) is 25.3 Å². The van der Waals surface area contributed by atoms with Gasteiger partial charge < -0.3 is 19.5 Å². The van der Waals surface area contributed by atoms with Crippen LogP contribution in [0.1, 0.15) is 24.5 Å². The van der Waals surface area contributed by atoms with E-state index in [2.05, 4.69) is 5.32 Å². The van der Waals surface area contributed by atoms with E-state index in [1.165, 1.54) is 5.56 Å². The van der Waals surface area contributed by atoms with Crippen LogP contribution in [0.25, 0.3) is 0 Å². The van der Waals surface area contributed by atoms with Crippen molar-refractivity contribution in [3.63, 3.8) is 0 Å². The van der Waals surface area contributed by atoms with E-state index in [1.807, 2.05) is 63.2 Å². The first-order chi connectivity index (χ1) is 12.6. The highest BCUT2D eigenvalue weighted by Gasteiger charge is 2.24. The molecule has 0 aromatic heterocycles. The third-order valence-electron chi connectivity index (χ3n) is 4.33. The molecule has 5 heteroatoms. The molecular formula is C21H25NO4. The lowest BCUT2D eigenvalue weighted by Crippen LogP contribution is -2.45. The lowest BCUT2D eigenvalue weighted by Gasteiger charge is -2.27. The third-order valence-corrected chi connectivity index (χ3v) is 4.33. The van der Waals surface area contributed by atoms with Gasteiger partial charge >= 0.3 is 0 Å². The molecule has 0 radical (unpaired) electrons. The molecule has 0 aliphatic carbocycles. The Morgan fingerprint density at radius 3 is 2.73 bits per heavy atom. The Balaban J connectivity index is 1.55. The summed E-state index contributed by atoms with van der Waals surface area (Å²) in [7, 11) is 0. The summed E-state index contributed by atoms with van der Waals surface area (Å²) in [5.74, 6) is 2.04. The monoisotopic (exact) mass is 355 g/mol. The maximum absolute atomic E-state index is 12.5. The molecule has 138 valence electrons. The molecule has 1 aliphatic heterocycles. The molecule has 0 spiro atoms. The maximum Gasteiger partial charge on any atom is 0.261 e. The van der Waals surface area contributed by atoms with Crippen molar-refractivity contribution >= 4 is 5.91 Å². The second-order valence-corrected chi connectivity index (χ2v) is 6.53. The van der Waals surface area contributed by atoms with Crippen LogP contribution in [0.3, 0.4) is 0 Å². The Bertz CT molecular complexity index is 774. The van der Waals surface area contributed by atoms with Crippen LogP contribution >= 0.6 is 0 Å². The Morgan fingerprint density at radius 1 is 1.23 bits per heavy atom. The molecule has 1 aliphatic rings. The zero-order valence-electron chi connectivity index (χ0n) is 15.5. The van der Waals surface area contributed by atoms with Gasteiger partial charge in [-0.05, 0) is 44.0 Å². The van der Waals surface area contributed by atoms with Crippen molar-refractivity contribution in [3.8, 4) is 17.2 Å². The molecule has 2 aromatic carbocycles. The first kappa shape index (κ1) is 18.1. The van der Waals surface area contributed by atoms with Crippen LogP contribution in [0.2, 0.25) is 0 Å². The van der Waals surface area contributed by atoms with E-state index in [9.17, 15) is 4.79 Å². The van der Waals surface area contributed by atoms with Gasteiger partial charge in [-0.1, -0.05) is 36.8 Å². The second-order valence-electron chi connectivity index (χ2n) is 6.53. The van der Waals surface area contributed by atoms with E-state index in [0.717, 1.165) is 17.1 Å². The second kappa shape index (κ2) is 8.13. The molecule has 1 heterocycles. The summed E-state index contributed by atoms with van der Waals surface area (Å²) in [6.45, 7) is 6.74. The van der Waals surface area contributed by atoms with E-state index in [1.54, 1.807) is 0 Å². The molecule has 1 amide bonds. The van der Waals surface area contributed by atoms with Gasteiger partial charge in [0.25, 0.3) is 5.91 Å². The first-order valence-corrected chi connectivity index (χ1v) is 8.97. The van der Waals surface area contributed by atoms with Crippen LogP contribution in [-0.4, -0.2) is 31.3 Å². The van der Waals surface area contributed by atoms with Gasteiger partial charge in [-0.2, -0.15) is 0 Å². The molecule has 0 fully saturated rings. The fourth-order valence-electron chi connectivity index (χ4n) is 2.90. The Hall–Kier alpha value is -2.69. The standard InChI is InChI=1S/C21H25NO4/c1-4-17(26-18-10-9-14(2)11-15(18)3)21(23)22-12-16-13-24-19-7-5-6-8-20(19)25-16/h5-11,16-17H,4,12-13H2,1-3H3,(H,22,23)/t16-,17-/m0/s1. The average Bonchev–Trinajstić information content (AvgIpc) is 2.65. The summed E-state index contributed by atoms with van der Waals surface area (Å²) in [4.78, 5) is 12.5. The van der Waals surface area contributed by atoms with Crippen molar-refractivity contribution in [1.29, 1.82) is 0 Å². The van der Waals surface area contributed by atoms with E-state index < -0.39 is 6.10 Å². The number of fused-ring (bicyclic) bond motifs is 1. The largest absolute Gasteiger partial charge is 0.486 e. The summed E-state index contributed by atoms with van der Waals surface area (Å²) in [6.07, 6.45) is -0.162. The summed E-state index contributed by atoms with van der Waals surface area (Å²) in [5, 5.41) is 2.92. The van der Waals surface area contributed by atoms with Crippen LogP contribution in [0.5, 0.6) is 17.2 Å². The normalized spacial score (nSPS) is 16.7. The molecule has 2 atom stereocenters. The van der Waals surface area contributed by atoms with Crippen molar-refractivity contribution < 1.29 is 19.0 Å². The summed E-state index contributed by atoms with van der Waals surface area (Å²) < 4.78 is 17.5. The SMILES string of the molecule is CC[C@H](Oc1ccc(C)cc1C)C(=O)NC[C@H]1COc2ccccc2O1. The molecule has 5 nitrogen and oxygen atoms in total. The number of para-hydroxylation sites is 2. The van der Waals surface area contributed by atoms with Gasteiger partial charge in [-0.15, -0.1) is 0 Å². The van der Waals surface area contributed by atoms with E-state index in [4.69, 9.17) is 14.2 Å². The topological polar surface area (TPSA) is 56.8 Å². The Kier molecular flexibility index (Phi) is 5.66. The predicted octanol–water partition coefficient (Wildman–Crippen LogP) is 3.42. The van der Waals surface area contributed by atoms with Gasteiger partial charge in [0.2, 0.25) is 0 Å². The molecular weight excluding hydrogens is 330 g/mol. The van der Waals surface area contributed by atoms with E-state index >= 15 is 0 Å². The number of rotatable bonds is 6. The quantitative estimate of drug-likeness (QED) is 0.863. The fourth-order valence-corrected chi connectivity index (χ4v) is 2.90. The molecule has 1 N–H and O–H groups in total. The molecule has 3 rings (SSSR count). The van der Waals surface area contributed by atoms with Gasteiger partial charge in [0, 0.05) is 0 Å². The van der Waals surface area contributed by atoms with Crippen molar-refractivity contribution in [2.75, 3.05) is 13.2 Å². The number of carbonyl (C=O) groups is 1. The number of nitrogens with one attached hydrogen (secondary N) is 1. The van der Waals surface area contributed by atoms with Crippen LogP contribution in [0.15, 0.2) is 42.5 Å². The molecule has 26 heavy (non-hydrogen) atoms. The van der Waals surface area contributed by atoms with Crippen LogP contribution in [0, 0.1) is 13.8 Å². The predicted molar refractivity (Wildman–Crippen MR) is 100.0 cm³/mol. The molecule has 0 bridgehead atoms. The summed E-state index contributed by atoms with van der Waals surface area (Å²) in [6, 6.07) is 13.5. The highest BCUT2D eigenvalue weighted by molar-refractivity contribution is 5.81. The zero-order chi connectivity index (χ0) is 18.5. The minimum atomic E-state index is -0.534. The minimum absolute atomic E-state index is 0.144. The molecule has 0 saturated carbocycles. The lowest BCUT2D eigenvalue weighted by molar-refractivity contribution is -0.128. The average molecular weight is 355 g/mol. The van der Waals surface area contributed by atoms with Gasteiger partial charge in [0.1, 0.15) is 18.5 Å². The van der Waals surface area contributed by atoms with Gasteiger partial charge in [0.15, 0.2) is 17.6 Å². The third kappa shape index (κ3) is 4.28. The number of ether oxygens (including phenoxy) is 3. The number of hydrogen-bond donors (Lipinski definition) is 1. The van der Waals surface area contributed by atoms with Gasteiger partial charge in [0.05, 0.1) is 6.54 Å². The smallest absolute Gasteiger partial charge is 0.261 e. The van der Waals surface area contributed by atoms with Crippen molar-refractivity contribution in [2.24, 2.45) is 0 Å². The first-order valence-electron chi connectivity index (χ1n) is 8.97. The number of carbonyl (C=O) groups excluding carboxylic acids is 1.